The third-order valence-electron chi connectivity index (χ3n) is 3.08. The van der Waals surface area contributed by atoms with E-state index in [9.17, 15) is 5.11 Å². The second-order valence-electron chi connectivity index (χ2n) is 4.80. The lowest BCUT2D eigenvalue weighted by Gasteiger charge is -2.26. The largest absolute Gasteiger partial charge is 0.387 e. The first-order chi connectivity index (χ1) is 9.17. The number of aromatic nitrogens is 1. The molecule has 0 spiro atoms. The van der Waals surface area contributed by atoms with Crippen molar-refractivity contribution in [2.24, 2.45) is 5.73 Å². The number of hydrogen-bond donors (Lipinski definition) is 2. The molecule has 0 aliphatic heterocycles. The van der Waals surface area contributed by atoms with Crippen molar-refractivity contribution in [3.05, 3.63) is 29.3 Å². The third-order valence-corrected chi connectivity index (χ3v) is 4.11. The fraction of sp³-hybridized carbons (Fsp3) is 0.500. The van der Waals surface area contributed by atoms with Gasteiger partial charge in [0.1, 0.15) is 0 Å². The molecule has 1 atom stereocenters. The van der Waals surface area contributed by atoms with Gasteiger partial charge in [-0.05, 0) is 31.5 Å². The van der Waals surface area contributed by atoms with Crippen LogP contribution in [0.1, 0.15) is 17.8 Å². The summed E-state index contributed by atoms with van der Waals surface area (Å²) in [5, 5.41) is 11.5. The summed E-state index contributed by atoms with van der Waals surface area (Å²) in [5.74, 6) is 0. The number of methoxy groups -OCH3 is 1. The zero-order chi connectivity index (χ0) is 13.7. The minimum Gasteiger partial charge on any atom is -0.387 e. The van der Waals surface area contributed by atoms with Crippen molar-refractivity contribution in [1.82, 2.24) is 4.98 Å². The van der Waals surface area contributed by atoms with Crippen molar-refractivity contribution in [2.75, 3.05) is 20.3 Å². The van der Waals surface area contributed by atoms with Crippen molar-refractivity contribution in [3.63, 3.8) is 0 Å². The number of para-hydroxylation sites is 1. The first-order valence-electron chi connectivity index (χ1n) is 6.43. The third kappa shape index (κ3) is 3.73. The Morgan fingerprint density at radius 2 is 2.21 bits per heavy atom. The monoisotopic (exact) mass is 280 g/mol. The van der Waals surface area contributed by atoms with Crippen LogP contribution in [0.25, 0.3) is 10.2 Å². The molecule has 3 N–H and O–H groups in total. The van der Waals surface area contributed by atoms with Crippen LogP contribution in [0.4, 0.5) is 0 Å². The fourth-order valence-electron chi connectivity index (χ4n) is 2.19. The van der Waals surface area contributed by atoms with Crippen LogP contribution in [0.2, 0.25) is 0 Å². The molecule has 0 amide bonds. The molecule has 2 aromatic rings. The summed E-state index contributed by atoms with van der Waals surface area (Å²) in [6.07, 6.45) is 1.93. The number of rotatable bonds is 7. The molecule has 0 fully saturated rings. The van der Waals surface area contributed by atoms with Gasteiger partial charge in [-0.2, -0.15) is 0 Å². The maximum Gasteiger partial charge on any atom is 0.0968 e. The summed E-state index contributed by atoms with van der Waals surface area (Å²) in [7, 11) is 1.60. The number of aliphatic hydroxyl groups is 1. The van der Waals surface area contributed by atoms with E-state index in [4.69, 9.17) is 10.5 Å². The van der Waals surface area contributed by atoms with Crippen LogP contribution in [0.5, 0.6) is 0 Å². The minimum absolute atomic E-state index is 0.308. The van der Waals surface area contributed by atoms with E-state index < -0.39 is 5.60 Å². The van der Waals surface area contributed by atoms with Gasteiger partial charge in [0.05, 0.1) is 27.4 Å². The van der Waals surface area contributed by atoms with E-state index in [1.807, 2.05) is 24.3 Å². The number of nitrogens with two attached hydrogens (primary N) is 1. The molecule has 0 radical (unpaired) electrons. The highest BCUT2D eigenvalue weighted by Crippen LogP contribution is 2.26. The highest BCUT2D eigenvalue weighted by molar-refractivity contribution is 7.18. The number of ether oxygens (including phenoxy) is 1. The van der Waals surface area contributed by atoms with Crippen molar-refractivity contribution in [1.29, 1.82) is 0 Å². The normalized spacial score (nSPS) is 14.7. The van der Waals surface area contributed by atoms with Gasteiger partial charge in [-0.3, -0.25) is 0 Å². The first kappa shape index (κ1) is 14.4. The molecule has 5 heteroatoms. The Hall–Kier alpha value is -1.01. The Balaban J connectivity index is 2.15. The average molecular weight is 280 g/mol. The zero-order valence-corrected chi connectivity index (χ0v) is 11.9. The topological polar surface area (TPSA) is 68.4 Å². The van der Waals surface area contributed by atoms with Crippen molar-refractivity contribution < 1.29 is 9.84 Å². The van der Waals surface area contributed by atoms with Crippen LogP contribution in [-0.2, 0) is 11.2 Å². The SMILES string of the molecule is COCC(O)(CCCN)Cc1nc2ccccc2s1. The molecule has 19 heavy (non-hydrogen) atoms. The number of benzene rings is 1. The molecule has 0 aliphatic rings. The van der Waals surface area contributed by atoms with E-state index in [2.05, 4.69) is 4.98 Å². The van der Waals surface area contributed by atoms with Crippen molar-refractivity contribution in [3.8, 4) is 0 Å². The van der Waals surface area contributed by atoms with Gasteiger partial charge in [0.25, 0.3) is 0 Å². The molecule has 0 aliphatic carbocycles. The van der Waals surface area contributed by atoms with Crippen LogP contribution in [0.15, 0.2) is 24.3 Å². The van der Waals surface area contributed by atoms with Gasteiger partial charge in [-0.25, -0.2) is 4.98 Å². The van der Waals surface area contributed by atoms with Gasteiger partial charge in [-0.15, -0.1) is 11.3 Å². The van der Waals surface area contributed by atoms with Crippen LogP contribution >= 0.6 is 11.3 Å². The highest BCUT2D eigenvalue weighted by atomic mass is 32.1. The van der Waals surface area contributed by atoms with E-state index in [0.717, 1.165) is 21.6 Å². The van der Waals surface area contributed by atoms with Crippen LogP contribution in [-0.4, -0.2) is 36.0 Å². The van der Waals surface area contributed by atoms with Gasteiger partial charge in [0.2, 0.25) is 0 Å². The molecule has 2 rings (SSSR count). The summed E-state index contributed by atoms with van der Waals surface area (Å²) < 4.78 is 6.29. The number of nitrogens with zero attached hydrogens (tertiary/aromatic N) is 1. The molecular weight excluding hydrogens is 260 g/mol. The molecule has 0 saturated carbocycles. The quantitative estimate of drug-likeness (QED) is 0.813. The summed E-state index contributed by atoms with van der Waals surface area (Å²) >= 11 is 1.63. The summed E-state index contributed by atoms with van der Waals surface area (Å²) in [5.41, 5.74) is 5.64. The summed E-state index contributed by atoms with van der Waals surface area (Å²) in [6.45, 7) is 0.884. The first-order valence-corrected chi connectivity index (χ1v) is 7.24. The molecule has 0 saturated heterocycles. The lowest BCUT2D eigenvalue weighted by atomic mass is 9.95. The van der Waals surface area contributed by atoms with Gasteiger partial charge in [0.15, 0.2) is 0 Å². The number of hydrogen-bond acceptors (Lipinski definition) is 5. The average Bonchev–Trinajstić information content (AvgIpc) is 2.78. The van der Waals surface area contributed by atoms with Gasteiger partial charge >= 0.3 is 0 Å². The molecule has 1 aromatic heterocycles. The fourth-order valence-corrected chi connectivity index (χ4v) is 3.29. The van der Waals surface area contributed by atoms with Crippen LogP contribution in [0.3, 0.4) is 0 Å². The van der Waals surface area contributed by atoms with Crippen molar-refractivity contribution in [2.45, 2.75) is 24.9 Å². The van der Waals surface area contributed by atoms with Crippen LogP contribution in [0, 0.1) is 0 Å². The van der Waals surface area contributed by atoms with Gasteiger partial charge in [-0.1, -0.05) is 12.1 Å². The van der Waals surface area contributed by atoms with Crippen molar-refractivity contribution >= 4 is 21.6 Å². The minimum atomic E-state index is -0.873. The van der Waals surface area contributed by atoms with Crippen LogP contribution < -0.4 is 5.73 Å². The molecule has 1 heterocycles. The molecule has 104 valence electrons. The lowest BCUT2D eigenvalue weighted by Crippen LogP contribution is -2.37. The Morgan fingerprint density at radius 1 is 1.42 bits per heavy atom. The van der Waals surface area contributed by atoms with E-state index >= 15 is 0 Å². The Bertz CT molecular complexity index is 496. The Morgan fingerprint density at radius 3 is 2.89 bits per heavy atom. The Kier molecular flexibility index (Phi) is 4.87. The number of fused-ring (bicyclic) bond motifs is 1. The zero-order valence-electron chi connectivity index (χ0n) is 11.1. The maximum atomic E-state index is 10.6. The van der Waals surface area contributed by atoms with E-state index in [-0.39, 0.29) is 0 Å². The van der Waals surface area contributed by atoms with E-state index in [1.54, 1.807) is 18.4 Å². The predicted molar refractivity (Wildman–Crippen MR) is 78.4 cm³/mol. The Labute approximate surface area is 117 Å². The predicted octanol–water partition coefficient (Wildman–Crippen LogP) is 1.96. The molecule has 1 unspecified atom stereocenters. The van der Waals surface area contributed by atoms with E-state index in [1.165, 1.54) is 0 Å². The molecular formula is C14H20N2O2S. The second-order valence-corrected chi connectivity index (χ2v) is 5.92. The molecule has 4 nitrogen and oxygen atoms in total. The summed E-state index contributed by atoms with van der Waals surface area (Å²) in [6, 6.07) is 8.01. The lowest BCUT2D eigenvalue weighted by molar-refractivity contribution is -0.0375. The highest BCUT2D eigenvalue weighted by Gasteiger charge is 2.28. The van der Waals surface area contributed by atoms with E-state index in [0.29, 0.717) is 26.0 Å². The molecule has 0 bridgehead atoms. The second kappa shape index (κ2) is 6.43. The number of thiazole rings is 1. The maximum absolute atomic E-state index is 10.6. The van der Waals surface area contributed by atoms with Gasteiger partial charge < -0.3 is 15.6 Å². The summed E-state index contributed by atoms with van der Waals surface area (Å²) in [4.78, 5) is 4.56. The van der Waals surface area contributed by atoms with Gasteiger partial charge in [0, 0.05) is 13.5 Å². The standard InChI is InChI=1S/C14H20N2O2S/c1-18-10-14(17,7-4-8-15)9-13-16-11-5-2-3-6-12(11)19-13/h2-3,5-6,17H,4,7-10,15H2,1H3. The molecule has 1 aromatic carbocycles. The smallest absolute Gasteiger partial charge is 0.0968 e.